The van der Waals surface area contributed by atoms with Crippen LogP contribution >= 0.6 is 0 Å². The second kappa shape index (κ2) is 6.98. The first-order valence-electron chi connectivity index (χ1n) is 6.76. The van der Waals surface area contributed by atoms with Gasteiger partial charge in [0.1, 0.15) is 0 Å². The Balaban J connectivity index is 1.81. The van der Waals surface area contributed by atoms with E-state index in [4.69, 9.17) is 5.11 Å². The molecule has 2 rings (SSSR count). The van der Waals surface area contributed by atoms with E-state index in [2.05, 4.69) is 9.97 Å². The van der Waals surface area contributed by atoms with Crippen LogP contribution in [0.3, 0.4) is 0 Å². The lowest BCUT2D eigenvalue weighted by atomic mass is 10.3. The summed E-state index contributed by atoms with van der Waals surface area (Å²) in [4.78, 5) is 36.3. The van der Waals surface area contributed by atoms with Gasteiger partial charge in [0, 0.05) is 45.6 Å². The van der Waals surface area contributed by atoms with E-state index < -0.39 is 5.97 Å². The summed E-state index contributed by atoms with van der Waals surface area (Å²) >= 11 is 0. The standard InChI is InChI=1S/C13H19N5O3/c1-16(13-14-3-2-4-15-13)9-11(19)18-7-5-17(6-8-18)10-12(20)21/h2-4H,5-10H2,1H3,(H,20,21). The van der Waals surface area contributed by atoms with E-state index in [1.54, 1.807) is 35.3 Å². The van der Waals surface area contributed by atoms with Gasteiger partial charge in [-0.3, -0.25) is 14.5 Å². The topological polar surface area (TPSA) is 89.9 Å². The number of aliphatic carboxylic acids is 1. The lowest BCUT2D eigenvalue weighted by Gasteiger charge is -2.34. The maximum Gasteiger partial charge on any atom is 0.317 e. The van der Waals surface area contributed by atoms with Gasteiger partial charge in [-0.25, -0.2) is 9.97 Å². The Morgan fingerprint density at radius 3 is 2.43 bits per heavy atom. The molecule has 1 N–H and O–H groups in total. The van der Waals surface area contributed by atoms with Crippen molar-refractivity contribution in [1.82, 2.24) is 19.8 Å². The number of rotatable bonds is 5. The number of hydrogen-bond acceptors (Lipinski definition) is 6. The quantitative estimate of drug-likeness (QED) is 0.755. The third-order valence-corrected chi connectivity index (χ3v) is 3.35. The number of carbonyl (C=O) groups is 2. The summed E-state index contributed by atoms with van der Waals surface area (Å²) < 4.78 is 0. The van der Waals surface area contributed by atoms with Crippen LogP contribution in [0, 0.1) is 0 Å². The average molecular weight is 293 g/mol. The fraction of sp³-hybridized carbons (Fsp3) is 0.538. The first-order chi connectivity index (χ1) is 10.1. The number of carboxylic acid groups (broad SMARTS) is 1. The molecule has 0 atom stereocenters. The highest BCUT2D eigenvalue weighted by Gasteiger charge is 2.23. The Hall–Kier alpha value is -2.22. The molecule has 114 valence electrons. The molecule has 1 aliphatic rings. The Kier molecular flexibility index (Phi) is 5.04. The van der Waals surface area contributed by atoms with Crippen LogP contribution < -0.4 is 4.90 Å². The van der Waals surface area contributed by atoms with Crippen molar-refractivity contribution in [2.45, 2.75) is 0 Å². The molecule has 0 aliphatic carbocycles. The van der Waals surface area contributed by atoms with Crippen molar-refractivity contribution in [3.63, 3.8) is 0 Å². The number of aromatic nitrogens is 2. The van der Waals surface area contributed by atoms with E-state index in [0.29, 0.717) is 32.1 Å². The SMILES string of the molecule is CN(CC(=O)N1CCN(CC(=O)O)CC1)c1ncccn1. The van der Waals surface area contributed by atoms with Crippen molar-refractivity contribution in [2.24, 2.45) is 0 Å². The maximum atomic E-state index is 12.2. The molecular weight excluding hydrogens is 274 g/mol. The summed E-state index contributed by atoms with van der Waals surface area (Å²) in [5.41, 5.74) is 0. The number of likely N-dealkylation sites (N-methyl/N-ethyl adjacent to an activating group) is 1. The van der Waals surface area contributed by atoms with Crippen LogP contribution in [0.2, 0.25) is 0 Å². The zero-order valence-electron chi connectivity index (χ0n) is 12.0. The van der Waals surface area contributed by atoms with Gasteiger partial charge in [-0.15, -0.1) is 0 Å². The van der Waals surface area contributed by atoms with Gasteiger partial charge in [0.2, 0.25) is 11.9 Å². The molecule has 0 aromatic carbocycles. The Bertz CT molecular complexity index is 488. The van der Waals surface area contributed by atoms with E-state index in [1.807, 2.05) is 4.90 Å². The summed E-state index contributed by atoms with van der Waals surface area (Å²) in [5, 5.41) is 8.74. The van der Waals surface area contributed by atoms with Gasteiger partial charge in [0.05, 0.1) is 13.1 Å². The smallest absolute Gasteiger partial charge is 0.317 e. The number of carboxylic acids is 1. The van der Waals surface area contributed by atoms with Crippen LogP contribution in [0.4, 0.5) is 5.95 Å². The van der Waals surface area contributed by atoms with Crippen LogP contribution in [-0.4, -0.2) is 83.1 Å². The molecule has 1 saturated heterocycles. The molecule has 0 bridgehead atoms. The fourth-order valence-corrected chi connectivity index (χ4v) is 2.21. The molecule has 8 heteroatoms. The second-order valence-corrected chi connectivity index (χ2v) is 4.96. The molecule has 0 saturated carbocycles. The number of amides is 1. The maximum absolute atomic E-state index is 12.2. The average Bonchev–Trinajstić information content (AvgIpc) is 2.48. The van der Waals surface area contributed by atoms with E-state index in [-0.39, 0.29) is 19.0 Å². The summed E-state index contributed by atoms with van der Waals surface area (Å²) in [6, 6.07) is 1.72. The molecule has 21 heavy (non-hydrogen) atoms. The predicted octanol–water partition coefficient (Wildman–Crippen LogP) is -0.858. The number of hydrogen-bond donors (Lipinski definition) is 1. The normalized spacial score (nSPS) is 15.8. The summed E-state index contributed by atoms with van der Waals surface area (Å²) in [7, 11) is 1.77. The lowest BCUT2D eigenvalue weighted by Crippen LogP contribution is -2.51. The number of anilines is 1. The summed E-state index contributed by atoms with van der Waals surface area (Å²) in [5.74, 6) is -0.328. The summed E-state index contributed by atoms with van der Waals surface area (Å²) in [6.07, 6.45) is 3.27. The molecule has 0 spiro atoms. The first kappa shape index (κ1) is 15.2. The minimum absolute atomic E-state index is 0.0000666. The zero-order valence-corrected chi connectivity index (χ0v) is 12.0. The molecule has 0 radical (unpaired) electrons. The minimum atomic E-state index is -0.837. The molecule has 2 heterocycles. The molecule has 0 unspecified atom stereocenters. The Morgan fingerprint density at radius 2 is 1.86 bits per heavy atom. The molecule has 1 aromatic rings. The van der Waals surface area contributed by atoms with Crippen LogP contribution in [0.1, 0.15) is 0 Å². The van der Waals surface area contributed by atoms with E-state index in [1.165, 1.54) is 0 Å². The van der Waals surface area contributed by atoms with Crippen LogP contribution in [-0.2, 0) is 9.59 Å². The van der Waals surface area contributed by atoms with Crippen molar-refractivity contribution in [3.8, 4) is 0 Å². The minimum Gasteiger partial charge on any atom is -0.480 e. The van der Waals surface area contributed by atoms with Gasteiger partial charge >= 0.3 is 5.97 Å². The molecular formula is C13H19N5O3. The monoisotopic (exact) mass is 293 g/mol. The molecule has 1 amide bonds. The van der Waals surface area contributed by atoms with Gasteiger partial charge in [-0.05, 0) is 6.07 Å². The number of carbonyl (C=O) groups excluding carboxylic acids is 1. The molecule has 1 fully saturated rings. The van der Waals surface area contributed by atoms with E-state index in [0.717, 1.165) is 0 Å². The van der Waals surface area contributed by atoms with Gasteiger partial charge in [0.15, 0.2) is 0 Å². The highest BCUT2D eigenvalue weighted by atomic mass is 16.4. The highest BCUT2D eigenvalue weighted by Crippen LogP contribution is 2.06. The van der Waals surface area contributed by atoms with Gasteiger partial charge in [-0.2, -0.15) is 0 Å². The molecule has 1 aromatic heterocycles. The number of piperazine rings is 1. The largest absolute Gasteiger partial charge is 0.480 e. The number of nitrogens with zero attached hydrogens (tertiary/aromatic N) is 5. The highest BCUT2D eigenvalue weighted by molar-refractivity contribution is 5.81. The van der Waals surface area contributed by atoms with Crippen molar-refractivity contribution in [2.75, 3.05) is 51.2 Å². The van der Waals surface area contributed by atoms with Crippen LogP contribution in [0.5, 0.6) is 0 Å². The zero-order chi connectivity index (χ0) is 15.2. The van der Waals surface area contributed by atoms with Gasteiger partial charge < -0.3 is 14.9 Å². The third kappa shape index (κ3) is 4.38. The van der Waals surface area contributed by atoms with Gasteiger partial charge in [-0.1, -0.05) is 0 Å². The Morgan fingerprint density at radius 1 is 1.24 bits per heavy atom. The first-order valence-corrected chi connectivity index (χ1v) is 6.76. The Labute approximate surface area is 123 Å². The van der Waals surface area contributed by atoms with Crippen molar-refractivity contribution >= 4 is 17.8 Å². The fourth-order valence-electron chi connectivity index (χ4n) is 2.21. The van der Waals surface area contributed by atoms with Crippen molar-refractivity contribution < 1.29 is 14.7 Å². The van der Waals surface area contributed by atoms with E-state index in [9.17, 15) is 9.59 Å². The van der Waals surface area contributed by atoms with Gasteiger partial charge in [0.25, 0.3) is 0 Å². The van der Waals surface area contributed by atoms with Crippen LogP contribution in [0.15, 0.2) is 18.5 Å². The second-order valence-electron chi connectivity index (χ2n) is 4.96. The predicted molar refractivity (Wildman–Crippen MR) is 76.0 cm³/mol. The molecule has 1 aliphatic heterocycles. The summed E-state index contributed by atoms with van der Waals surface area (Å²) in [6.45, 7) is 2.51. The third-order valence-electron chi connectivity index (χ3n) is 3.35. The molecule has 8 nitrogen and oxygen atoms in total. The van der Waals surface area contributed by atoms with Crippen molar-refractivity contribution in [1.29, 1.82) is 0 Å². The van der Waals surface area contributed by atoms with Crippen LogP contribution in [0.25, 0.3) is 0 Å². The van der Waals surface area contributed by atoms with Crippen molar-refractivity contribution in [3.05, 3.63) is 18.5 Å². The van der Waals surface area contributed by atoms with E-state index >= 15 is 0 Å². The lowest BCUT2D eigenvalue weighted by molar-refractivity contribution is -0.139.